The molecule has 0 bridgehead atoms. The molecular weight excluding hydrogens is 186 g/mol. The number of fused-ring (bicyclic) bond motifs is 1. The first kappa shape index (κ1) is 10.2. The Morgan fingerprint density at radius 3 is 3.00 bits per heavy atom. The normalized spacial score (nSPS) is 11.1. The van der Waals surface area contributed by atoms with Gasteiger partial charge in [-0.3, -0.25) is 0 Å². The van der Waals surface area contributed by atoms with Crippen LogP contribution in [0.5, 0.6) is 0 Å². The van der Waals surface area contributed by atoms with E-state index in [9.17, 15) is 0 Å². The molecule has 0 aliphatic heterocycles. The highest BCUT2D eigenvalue weighted by Gasteiger charge is 2.03. The van der Waals surface area contributed by atoms with Gasteiger partial charge in [-0.2, -0.15) is 0 Å². The summed E-state index contributed by atoms with van der Waals surface area (Å²) in [7, 11) is 1.97. The Morgan fingerprint density at radius 1 is 1.40 bits per heavy atom. The van der Waals surface area contributed by atoms with E-state index < -0.39 is 0 Å². The van der Waals surface area contributed by atoms with Gasteiger partial charge in [0.1, 0.15) is 5.82 Å². The molecule has 1 aromatic heterocycles. The molecule has 0 aliphatic rings. The number of aromatic nitrogens is 2. The van der Waals surface area contributed by atoms with Crippen molar-refractivity contribution in [1.29, 1.82) is 0 Å². The molecule has 0 aliphatic carbocycles. The number of hydrogen-bond acceptors (Lipinski definition) is 2. The van der Waals surface area contributed by atoms with E-state index in [1.54, 1.807) is 0 Å². The van der Waals surface area contributed by atoms with Gasteiger partial charge in [-0.05, 0) is 38.6 Å². The molecule has 2 aromatic rings. The average Bonchev–Trinajstić information content (AvgIpc) is 2.63. The summed E-state index contributed by atoms with van der Waals surface area (Å²) in [6, 6.07) is 6.24. The number of nitrogens with one attached hydrogen (secondary N) is 2. The maximum absolute atomic E-state index is 4.60. The second kappa shape index (κ2) is 4.45. The predicted molar refractivity (Wildman–Crippen MR) is 63.1 cm³/mol. The summed E-state index contributed by atoms with van der Waals surface area (Å²) in [6.07, 6.45) is 2.13. The lowest BCUT2D eigenvalue weighted by atomic mass is 10.2. The number of aryl methyl sites for hydroxylation is 2. The zero-order valence-corrected chi connectivity index (χ0v) is 9.30. The van der Waals surface area contributed by atoms with Gasteiger partial charge in [0, 0.05) is 6.42 Å². The highest BCUT2D eigenvalue weighted by molar-refractivity contribution is 5.78. The number of imidazole rings is 1. The molecule has 15 heavy (non-hydrogen) atoms. The zero-order valence-electron chi connectivity index (χ0n) is 9.30. The minimum Gasteiger partial charge on any atom is -0.342 e. The second-order valence-electron chi connectivity index (χ2n) is 3.86. The molecule has 0 atom stereocenters. The van der Waals surface area contributed by atoms with Crippen LogP contribution in [0.1, 0.15) is 17.8 Å². The van der Waals surface area contributed by atoms with Gasteiger partial charge in [0.05, 0.1) is 11.0 Å². The van der Waals surface area contributed by atoms with Gasteiger partial charge in [-0.1, -0.05) is 12.1 Å². The highest BCUT2D eigenvalue weighted by Crippen LogP contribution is 2.15. The third-order valence-electron chi connectivity index (χ3n) is 2.60. The Kier molecular flexibility index (Phi) is 3.02. The van der Waals surface area contributed by atoms with Crippen molar-refractivity contribution in [3.05, 3.63) is 29.6 Å². The van der Waals surface area contributed by atoms with Crippen molar-refractivity contribution < 1.29 is 0 Å². The Morgan fingerprint density at radius 2 is 2.27 bits per heavy atom. The summed E-state index contributed by atoms with van der Waals surface area (Å²) in [5.74, 6) is 1.09. The number of aromatic amines is 1. The van der Waals surface area contributed by atoms with E-state index in [0.29, 0.717) is 0 Å². The van der Waals surface area contributed by atoms with Crippen LogP contribution in [0.4, 0.5) is 0 Å². The maximum Gasteiger partial charge on any atom is 0.107 e. The van der Waals surface area contributed by atoms with Crippen LogP contribution < -0.4 is 5.32 Å². The molecule has 1 heterocycles. The molecule has 1 aromatic carbocycles. The Hall–Kier alpha value is -1.35. The monoisotopic (exact) mass is 203 g/mol. The molecule has 80 valence electrons. The van der Waals surface area contributed by atoms with E-state index >= 15 is 0 Å². The molecule has 2 rings (SSSR count). The van der Waals surface area contributed by atoms with Gasteiger partial charge in [0.25, 0.3) is 0 Å². The van der Waals surface area contributed by atoms with Crippen LogP contribution in [0.2, 0.25) is 0 Å². The fraction of sp³-hybridized carbons (Fsp3) is 0.417. The van der Waals surface area contributed by atoms with Gasteiger partial charge in [0.15, 0.2) is 0 Å². The molecule has 0 fully saturated rings. The molecule has 0 saturated carbocycles. The largest absolute Gasteiger partial charge is 0.342 e. The predicted octanol–water partition coefficient (Wildman–Crippen LogP) is 2.02. The van der Waals surface area contributed by atoms with Crippen LogP contribution in [0.15, 0.2) is 18.2 Å². The fourth-order valence-electron chi connectivity index (χ4n) is 1.78. The third-order valence-corrected chi connectivity index (χ3v) is 2.60. The van der Waals surface area contributed by atoms with Gasteiger partial charge in [0.2, 0.25) is 0 Å². The number of rotatable bonds is 4. The molecule has 3 heteroatoms. The van der Waals surface area contributed by atoms with Gasteiger partial charge in [-0.15, -0.1) is 0 Å². The lowest BCUT2D eigenvalue weighted by Crippen LogP contribution is -2.08. The van der Waals surface area contributed by atoms with Gasteiger partial charge >= 0.3 is 0 Å². The van der Waals surface area contributed by atoms with Crippen LogP contribution in [-0.4, -0.2) is 23.6 Å². The van der Waals surface area contributed by atoms with Crippen molar-refractivity contribution in [2.75, 3.05) is 13.6 Å². The first-order valence-corrected chi connectivity index (χ1v) is 5.40. The molecule has 0 spiro atoms. The highest BCUT2D eigenvalue weighted by atomic mass is 14.9. The fourth-order valence-corrected chi connectivity index (χ4v) is 1.78. The smallest absolute Gasteiger partial charge is 0.107 e. The molecule has 0 amide bonds. The van der Waals surface area contributed by atoms with Crippen molar-refractivity contribution >= 4 is 11.0 Å². The van der Waals surface area contributed by atoms with E-state index in [4.69, 9.17) is 0 Å². The Balaban J connectivity index is 2.20. The number of benzene rings is 1. The van der Waals surface area contributed by atoms with Gasteiger partial charge in [-0.25, -0.2) is 4.98 Å². The van der Waals surface area contributed by atoms with E-state index in [2.05, 4.69) is 40.4 Å². The lowest BCUT2D eigenvalue weighted by molar-refractivity contribution is 0.709. The number of H-pyrrole nitrogens is 1. The van der Waals surface area contributed by atoms with Crippen molar-refractivity contribution in [1.82, 2.24) is 15.3 Å². The van der Waals surface area contributed by atoms with Crippen LogP contribution in [0.25, 0.3) is 11.0 Å². The minimum absolute atomic E-state index is 1.01. The summed E-state index contributed by atoms with van der Waals surface area (Å²) in [4.78, 5) is 7.96. The quantitative estimate of drug-likeness (QED) is 0.746. The summed E-state index contributed by atoms with van der Waals surface area (Å²) in [6.45, 7) is 3.14. The lowest BCUT2D eigenvalue weighted by Gasteiger charge is -1.95. The summed E-state index contributed by atoms with van der Waals surface area (Å²) >= 11 is 0. The molecule has 0 radical (unpaired) electrons. The van der Waals surface area contributed by atoms with E-state index in [-0.39, 0.29) is 0 Å². The number of para-hydroxylation sites is 1. The van der Waals surface area contributed by atoms with Crippen LogP contribution in [0, 0.1) is 6.92 Å². The topological polar surface area (TPSA) is 40.7 Å². The van der Waals surface area contributed by atoms with Crippen LogP contribution in [-0.2, 0) is 6.42 Å². The van der Waals surface area contributed by atoms with Crippen molar-refractivity contribution in [2.45, 2.75) is 19.8 Å². The molecule has 2 N–H and O–H groups in total. The average molecular weight is 203 g/mol. The third kappa shape index (κ3) is 2.18. The summed E-state index contributed by atoms with van der Waals surface area (Å²) in [5, 5.41) is 3.14. The SMILES string of the molecule is CNCCCc1nc2c(C)cccc2[nH]1. The van der Waals surface area contributed by atoms with Crippen molar-refractivity contribution in [3.8, 4) is 0 Å². The van der Waals surface area contributed by atoms with Crippen molar-refractivity contribution in [2.24, 2.45) is 0 Å². The number of nitrogens with zero attached hydrogens (tertiary/aromatic N) is 1. The van der Waals surface area contributed by atoms with E-state index in [1.165, 1.54) is 5.56 Å². The van der Waals surface area contributed by atoms with E-state index in [0.717, 1.165) is 36.2 Å². The Bertz CT molecular complexity index is 445. The molecule has 0 saturated heterocycles. The standard InChI is InChI=1S/C12H17N3/c1-9-5-3-6-10-12(9)15-11(14-10)7-4-8-13-2/h3,5-6,13H,4,7-8H2,1-2H3,(H,14,15). The van der Waals surface area contributed by atoms with E-state index in [1.807, 2.05) is 7.05 Å². The van der Waals surface area contributed by atoms with Gasteiger partial charge < -0.3 is 10.3 Å². The van der Waals surface area contributed by atoms with Crippen LogP contribution in [0.3, 0.4) is 0 Å². The Labute approximate surface area is 89.9 Å². The van der Waals surface area contributed by atoms with Crippen LogP contribution >= 0.6 is 0 Å². The van der Waals surface area contributed by atoms with Crippen molar-refractivity contribution in [3.63, 3.8) is 0 Å². The zero-order chi connectivity index (χ0) is 10.7. The number of hydrogen-bond donors (Lipinski definition) is 2. The molecule has 0 unspecified atom stereocenters. The first-order valence-electron chi connectivity index (χ1n) is 5.40. The first-order chi connectivity index (χ1) is 7.31. The molecular formula is C12H17N3. The maximum atomic E-state index is 4.60. The summed E-state index contributed by atoms with van der Waals surface area (Å²) < 4.78 is 0. The minimum atomic E-state index is 1.01. The molecule has 3 nitrogen and oxygen atoms in total. The second-order valence-corrected chi connectivity index (χ2v) is 3.86. The summed E-state index contributed by atoms with van der Waals surface area (Å²) in [5.41, 5.74) is 3.50.